The van der Waals surface area contributed by atoms with E-state index in [-0.39, 0.29) is 11.4 Å². The molecule has 0 aliphatic rings. The Bertz CT molecular complexity index is 597. The molecule has 0 radical (unpaired) electrons. The second-order valence-corrected chi connectivity index (χ2v) is 4.16. The molecule has 2 aromatic rings. The number of carbonyl (C=O) groups is 1. The second-order valence-electron chi connectivity index (χ2n) is 4.16. The van der Waals surface area contributed by atoms with Crippen LogP contribution in [0.5, 0.6) is 0 Å². The van der Waals surface area contributed by atoms with Crippen molar-refractivity contribution in [1.29, 1.82) is 0 Å². The predicted octanol–water partition coefficient (Wildman–Crippen LogP) is 2.84. The van der Waals surface area contributed by atoms with Gasteiger partial charge >= 0.3 is 5.97 Å². The fourth-order valence-corrected chi connectivity index (χ4v) is 1.60. The Labute approximate surface area is 109 Å². The fraction of sp³-hybridized carbons (Fsp3) is 0.143. The molecule has 0 saturated heterocycles. The van der Waals surface area contributed by atoms with Gasteiger partial charge in [-0.2, -0.15) is 0 Å². The first-order valence-corrected chi connectivity index (χ1v) is 5.74. The quantitative estimate of drug-likeness (QED) is 0.887. The molecule has 0 aliphatic carbocycles. The normalized spacial score (nSPS) is 10.2. The summed E-state index contributed by atoms with van der Waals surface area (Å²) in [5.74, 6) is -1.24. The molecular weight excluding hydrogens is 247 g/mol. The van der Waals surface area contributed by atoms with Crippen molar-refractivity contribution in [1.82, 2.24) is 4.98 Å². The van der Waals surface area contributed by atoms with Gasteiger partial charge in [-0.25, -0.2) is 9.18 Å². The molecule has 98 valence electrons. The summed E-state index contributed by atoms with van der Waals surface area (Å²) in [7, 11) is 0. The highest BCUT2D eigenvalue weighted by Crippen LogP contribution is 2.14. The molecule has 0 amide bonds. The number of rotatable bonds is 4. The van der Waals surface area contributed by atoms with E-state index in [1.54, 1.807) is 25.1 Å². The first-order valence-electron chi connectivity index (χ1n) is 5.74. The molecule has 1 heterocycles. The van der Waals surface area contributed by atoms with E-state index in [2.05, 4.69) is 10.3 Å². The van der Waals surface area contributed by atoms with Gasteiger partial charge in [-0.1, -0.05) is 0 Å². The molecule has 2 N–H and O–H groups in total. The Hall–Kier alpha value is -2.43. The number of benzene rings is 1. The van der Waals surface area contributed by atoms with Gasteiger partial charge in [0.2, 0.25) is 0 Å². The number of hydrogen-bond acceptors (Lipinski definition) is 3. The van der Waals surface area contributed by atoms with Crippen LogP contribution in [0, 0.1) is 12.7 Å². The summed E-state index contributed by atoms with van der Waals surface area (Å²) in [5, 5.41) is 11.9. The van der Waals surface area contributed by atoms with Crippen LogP contribution in [0.2, 0.25) is 0 Å². The van der Waals surface area contributed by atoms with Gasteiger partial charge in [0.05, 0.1) is 17.8 Å². The molecule has 5 heteroatoms. The van der Waals surface area contributed by atoms with Gasteiger partial charge in [-0.05, 0) is 42.8 Å². The van der Waals surface area contributed by atoms with Crippen LogP contribution in [-0.4, -0.2) is 16.1 Å². The number of carboxylic acid groups (broad SMARTS) is 1. The number of nitrogens with one attached hydrogen (secondary N) is 1. The van der Waals surface area contributed by atoms with Crippen molar-refractivity contribution in [2.24, 2.45) is 0 Å². The lowest BCUT2D eigenvalue weighted by atomic mass is 10.2. The summed E-state index contributed by atoms with van der Waals surface area (Å²) in [6.45, 7) is 2.14. The monoisotopic (exact) mass is 260 g/mol. The first kappa shape index (κ1) is 13.0. The van der Waals surface area contributed by atoms with Crippen molar-refractivity contribution >= 4 is 11.7 Å². The number of pyridine rings is 1. The van der Waals surface area contributed by atoms with Crippen molar-refractivity contribution in [2.45, 2.75) is 13.5 Å². The Morgan fingerprint density at radius 2 is 2.16 bits per heavy atom. The van der Waals surface area contributed by atoms with Gasteiger partial charge in [-0.3, -0.25) is 4.98 Å². The van der Waals surface area contributed by atoms with Gasteiger partial charge < -0.3 is 10.4 Å². The number of halogens is 1. The Morgan fingerprint density at radius 1 is 1.37 bits per heavy atom. The van der Waals surface area contributed by atoms with Gasteiger partial charge in [0.1, 0.15) is 5.82 Å². The molecule has 2 rings (SSSR count). The maximum atomic E-state index is 13.1. The zero-order chi connectivity index (χ0) is 13.8. The summed E-state index contributed by atoms with van der Waals surface area (Å²) >= 11 is 0. The number of aryl methyl sites for hydroxylation is 1. The van der Waals surface area contributed by atoms with E-state index in [1.807, 2.05) is 0 Å². The highest BCUT2D eigenvalue weighted by molar-refractivity contribution is 5.87. The van der Waals surface area contributed by atoms with E-state index in [0.717, 1.165) is 5.69 Å². The van der Waals surface area contributed by atoms with Crippen LogP contribution in [0.1, 0.15) is 21.6 Å². The van der Waals surface area contributed by atoms with Crippen LogP contribution in [0.15, 0.2) is 36.5 Å². The number of anilines is 1. The third-order valence-electron chi connectivity index (χ3n) is 2.70. The molecule has 0 fully saturated rings. The van der Waals surface area contributed by atoms with E-state index in [9.17, 15) is 9.18 Å². The molecule has 19 heavy (non-hydrogen) atoms. The molecule has 4 nitrogen and oxygen atoms in total. The minimum Gasteiger partial charge on any atom is -0.478 e. The Kier molecular flexibility index (Phi) is 3.75. The molecular formula is C14H13FN2O2. The lowest BCUT2D eigenvalue weighted by Crippen LogP contribution is -2.04. The van der Waals surface area contributed by atoms with Crippen molar-refractivity contribution in [3.8, 4) is 0 Å². The second kappa shape index (κ2) is 5.48. The van der Waals surface area contributed by atoms with E-state index < -0.39 is 5.97 Å². The lowest BCUT2D eigenvalue weighted by molar-refractivity contribution is 0.0696. The van der Waals surface area contributed by atoms with Crippen LogP contribution in [0.3, 0.4) is 0 Å². The van der Waals surface area contributed by atoms with Crippen LogP contribution in [-0.2, 0) is 6.54 Å². The lowest BCUT2D eigenvalue weighted by Gasteiger charge is -2.07. The average molecular weight is 260 g/mol. The molecule has 0 bridgehead atoms. The third kappa shape index (κ3) is 3.28. The molecule has 0 atom stereocenters. The molecule has 0 spiro atoms. The van der Waals surface area contributed by atoms with E-state index in [4.69, 9.17) is 5.11 Å². The number of aromatic carboxylic acids is 1. The maximum Gasteiger partial charge on any atom is 0.337 e. The zero-order valence-electron chi connectivity index (χ0n) is 10.4. The van der Waals surface area contributed by atoms with Crippen LogP contribution in [0.25, 0.3) is 0 Å². The number of carboxylic acids is 1. The molecule has 0 aliphatic heterocycles. The van der Waals surface area contributed by atoms with Gasteiger partial charge in [0.25, 0.3) is 0 Å². The molecule has 1 aromatic heterocycles. The van der Waals surface area contributed by atoms with Crippen molar-refractivity contribution in [3.63, 3.8) is 0 Å². The first-order chi connectivity index (χ1) is 9.06. The van der Waals surface area contributed by atoms with Crippen LogP contribution in [0.4, 0.5) is 10.1 Å². The minimum absolute atomic E-state index is 0.154. The zero-order valence-corrected chi connectivity index (χ0v) is 10.4. The average Bonchev–Trinajstić information content (AvgIpc) is 2.40. The summed E-state index contributed by atoms with van der Waals surface area (Å²) in [4.78, 5) is 14.7. The van der Waals surface area contributed by atoms with Crippen molar-refractivity contribution < 1.29 is 14.3 Å². The summed E-state index contributed by atoms with van der Waals surface area (Å²) < 4.78 is 13.1. The van der Waals surface area contributed by atoms with Gasteiger partial charge in [0.15, 0.2) is 0 Å². The summed E-state index contributed by atoms with van der Waals surface area (Å²) in [6.07, 6.45) is 1.31. The molecule has 1 aromatic carbocycles. The smallest absolute Gasteiger partial charge is 0.337 e. The Balaban J connectivity index is 2.01. The summed E-state index contributed by atoms with van der Waals surface area (Å²) in [6, 6.07) is 7.91. The number of nitrogens with zero attached hydrogens (tertiary/aromatic N) is 1. The molecule has 0 unspecified atom stereocenters. The van der Waals surface area contributed by atoms with Gasteiger partial charge in [-0.15, -0.1) is 0 Å². The third-order valence-corrected chi connectivity index (χ3v) is 2.70. The SMILES string of the molecule is Cc1cc(NCc2ccc(C(=O)O)cn2)ccc1F. The topological polar surface area (TPSA) is 62.2 Å². The largest absolute Gasteiger partial charge is 0.478 e. The van der Waals surface area contributed by atoms with E-state index in [1.165, 1.54) is 18.3 Å². The van der Waals surface area contributed by atoms with Crippen LogP contribution < -0.4 is 5.32 Å². The summed E-state index contributed by atoms with van der Waals surface area (Å²) in [5.41, 5.74) is 2.23. The number of aromatic nitrogens is 1. The number of hydrogen-bond donors (Lipinski definition) is 2. The van der Waals surface area contributed by atoms with Crippen LogP contribution >= 0.6 is 0 Å². The standard InChI is InChI=1S/C14H13FN2O2/c1-9-6-11(4-5-13(9)15)17-8-12-3-2-10(7-16-12)14(18)19/h2-7,17H,8H2,1H3,(H,18,19). The van der Waals surface area contributed by atoms with E-state index >= 15 is 0 Å². The minimum atomic E-state index is -0.999. The highest BCUT2D eigenvalue weighted by Gasteiger charge is 2.03. The van der Waals surface area contributed by atoms with Gasteiger partial charge in [0, 0.05) is 11.9 Å². The maximum absolute atomic E-state index is 13.1. The molecule has 0 saturated carbocycles. The predicted molar refractivity (Wildman–Crippen MR) is 69.7 cm³/mol. The van der Waals surface area contributed by atoms with Crippen molar-refractivity contribution in [2.75, 3.05) is 5.32 Å². The Morgan fingerprint density at radius 3 is 2.74 bits per heavy atom. The fourth-order valence-electron chi connectivity index (χ4n) is 1.60. The van der Waals surface area contributed by atoms with Crippen molar-refractivity contribution in [3.05, 3.63) is 59.2 Å². The highest BCUT2D eigenvalue weighted by atomic mass is 19.1. The van der Waals surface area contributed by atoms with E-state index in [0.29, 0.717) is 17.8 Å².